The van der Waals surface area contributed by atoms with Crippen LogP contribution in [0.3, 0.4) is 0 Å². The van der Waals surface area contributed by atoms with Gasteiger partial charge in [0.15, 0.2) is 0 Å². The number of hydrogen-bond acceptors (Lipinski definition) is 0. The average Bonchev–Trinajstić information content (AvgIpc) is 2.71. The van der Waals surface area contributed by atoms with Crippen LogP contribution >= 0.6 is 0 Å². The van der Waals surface area contributed by atoms with Crippen LogP contribution in [0, 0.1) is 29.6 Å². The number of fused-ring (bicyclic) bond motifs is 2. The Balaban J connectivity index is 1.33. The van der Waals surface area contributed by atoms with Gasteiger partial charge < -0.3 is 0 Å². The number of aryl methyl sites for hydroxylation is 2. The first kappa shape index (κ1) is 19.3. The lowest BCUT2D eigenvalue weighted by Crippen LogP contribution is -2.35. The van der Waals surface area contributed by atoms with Gasteiger partial charge >= 0.3 is 0 Å². The number of rotatable bonds is 6. The average molecular weight is 365 g/mol. The topological polar surface area (TPSA) is 0 Å². The maximum Gasteiger partial charge on any atom is -0.0245 e. The first-order valence-electron chi connectivity index (χ1n) is 12.0. The summed E-state index contributed by atoms with van der Waals surface area (Å²) in [7, 11) is 0. The minimum Gasteiger partial charge on any atom is -0.103 e. The van der Waals surface area contributed by atoms with Crippen LogP contribution in [0.5, 0.6) is 0 Å². The van der Waals surface area contributed by atoms with Crippen LogP contribution in [0.2, 0.25) is 0 Å². The molecule has 0 bridgehead atoms. The zero-order chi connectivity index (χ0) is 18.6. The van der Waals surface area contributed by atoms with E-state index < -0.39 is 0 Å². The number of benzene rings is 1. The molecule has 2 saturated carbocycles. The van der Waals surface area contributed by atoms with Gasteiger partial charge in [-0.25, -0.2) is 0 Å². The molecular formula is C27H40. The van der Waals surface area contributed by atoms with Crippen molar-refractivity contribution < 1.29 is 0 Å². The second-order valence-corrected chi connectivity index (χ2v) is 9.99. The van der Waals surface area contributed by atoms with Crippen LogP contribution in [0.15, 0.2) is 30.9 Å². The largest absolute Gasteiger partial charge is 0.103 e. The summed E-state index contributed by atoms with van der Waals surface area (Å²) in [6, 6.07) is 7.41. The molecule has 0 amide bonds. The van der Waals surface area contributed by atoms with E-state index in [-0.39, 0.29) is 0 Å². The Bertz CT molecular complexity index is 627. The Morgan fingerprint density at radius 2 is 1.70 bits per heavy atom. The lowest BCUT2D eigenvalue weighted by Gasteiger charge is -2.45. The third kappa shape index (κ3) is 4.52. The summed E-state index contributed by atoms with van der Waals surface area (Å²) in [4.78, 5) is 0. The van der Waals surface area contributed by atoms with E-state index >= 15 is 0 Å². The predicted molar refractivity (Wildman–Crippen MR) is 117 cm³/mol. The third-order valence-electron chi connectivity index (χ3n) is 8.28. The zero-order valence-corrected chi connectivity index (χ0v) is 17.6. The van der Waals surface area contributed by atoms with Gasteiger partial charge in [0.1, 0.15) is 0 Å². The number of allylic oxidation sites excluding steroid dienone is 1. The van der Waals surface area contributed by atoms with Gasteiger partial charge in [0.25, 0.3) is 0 Å². The van der Waals surface area contributed by atoms with Crippen LogP contribution in [0.1, 0.15) is 87.8 Å². The quantitative estimate of drug-likeness (QED) is 0.457. The highest BCUT2D eigenvalue weighted by atomic mass is 14.4. The molecule has 0 N–H and O–H groups in total. The van der Waals surface area contributed by atoms with Gasteiger partial charge in [0, 0.05) is 0 Å². The molecule has 0 radical (unpaired) electrons. The van der Waals surface area contributed by atoms with Crippen molar-refractivity contribution in [3.8, 4) is 0 Å². The third-order valence-corrected chi connectivity index (χ3v) is 8.28. The minimum absolute atomic E-state index is 0.967. The van der Waals surface area contributed by atoms with Crippen molar-refractivity contribution in [2.75, 3.05) is 0 Å². The summed E-state index contributed by atoms with van der Waals surface area (Å²) >= 11 is 0. The molecule has 0 heteroatoms. The molecule has 0 aromatic heterocycles. The second kappa shape index (κ2) is 8.97. The fourth-order valence-corrected chi connectivity index (χ4v) is 6.75. The van der Waals surface area contributed by atoms with E-state index in [1.54, 1.807) is 23.1 Å². The molecule has 5 unspecified atom stereocenters. The van der Waals surface area contributed by atoms with E-state index in [1.807, 2.05) is 0 Å². The van der Waals surface area contributed by atoms with E-state index in [0.717, 1.165) is 29.6 Å². The van der Waals surface area contributed by atoms with Gasteiger partial charge in [0.05, 0.1) is 0 Å². The molecule has 2 fully saturated rings. The Labute approximate surface area is 167 Å². The van der Waals surface area contributed by atoms with Crippen molar-refractivity contribution in [1.29, 1.82) is 0 Å². The zero-order valence-electron chi connectivity index (χ0n) is 17.6. The monoisotopic (exact) mass is 364 g/mol. The highest BCUT2D eigenvalue weighted by Gasteiger charge is 2.38. The number of hydrogen-bond donors (Lipinski definition) is 0. The van der Waals surface area contributed by atoms with Crippen molar-refractivity contribution in [3.63, 3.8) is 0 Å². The van der Waals surface area contributed by atoms with Crippen molar-refractivity contribution in [2.45, 2.75) is 90.4 Å². The fourth-order valence-electron chi connectivity index (χ4n) is 6.75. The van der Waals surface area contributed by atoms with Crippen LogP contribution in [0.25, 0.3) is 0 Å². The molecule has 0 nitrogen and oxygen atoms in total. The SMILES string of the molecule is C=CCCC1CCC2CC(C3CCc4cc(CCC)ccc4C3)CCC2C1. The Morgan fingerprint density at radius 1 is 0.926 bits per heavy atom. The van der Waals surface area contributed by atoms with Gasteiger partial charge in [0.2, 0.25) is 0 Å². The molecule has 27 heavy (non-hydrogen) atoms. The molecule has 4 rings (SSSR count). The van der Waals surface area contributed by atoms with Crippen molar-refractivity contribution >= 4 is 0 Å². The minimum atomic E-state index is 0.967. The van der Waals surface area contributed by atoms with Crippen molar-refractivity contribution in [3.05, 3.63) is 47.5 Å². The van der Waals surface area contributed by atoms with E-state index in [1.165, 1.54) is 77.0 Å². The Kier molecular flexibility index (Phi) is 6.41. The Hall–Kier alpha value is -1.04. The lowest BCUT2D eigenvalue weighted by atomic mass is 9.61. The summed E-state index contributed by atoms with van der Waals surface area (Å²) in [5.74, 6) is 5.09. The normalized spacial score (nSPS) is 33.1. The van der Waals surface area contributed by atoms with E-state index in [9.17, 15) is 0 Å². The lowest BCUT2D eigenvalue weighted by molar-refractivity contribution is 0.0699. The van der Waals surface area contributed by atoms with Crippen LogP contribution in [-0.2, 0) is 19.3 Å². The Morgan fingerprint density at radius 3 is 2.52 bits per heavy atom. The second-order valence-electron chi connectivity index (χ2n) is 9.99. The highest BCUT2D eigenvalue weighted by molar-refractivity contribution is 5.34. The van der Waals surface area contributed by atoms with Crippen LogP contribution in [-0.4, -0.2) is 0 Å². The molecule has 3 aliphatic rings. The van der Waals surface area contributed by atoms with E-state index in [4.69, 9.17) is 0 Å². The first-order chi connectivity index (χ1) is 13.3. The van der Waals surface area contributed by atoms with Gasteiger partial charge in [-0.15, -0.1) is 6.58 Å². The molecule has 0 saturated heterocycles. The molecule has 0 aliphatic heterocycles. The first-order valence-corrected chi connectivity index (χ1v) is 12.0. The standard InChI is InChI=1S/C27H40/c1-3-5-7-21-9-11-25-19-27(15-13-23(25)17-21)26-14-12-22-16-20(6-4-2)8-10-24(22)18-26/h3,8,10,16,21,23,25-27H,1,4-7,9,11-15,17-19H2,2H3. The van der Waals surface area contributed by atoms with E-state index in [2.05, 4.69) is 37.8 Å². The molecule has 0 heterocycles. The van der Waals surface area contributed by atoms with Crippen LogP contribution < -0.4 is 0 Å². The fraction of sp³-hybridized carbons (Fsp3) is 0.704. The molecule has 5 atom stereocenters. The van der Waals surface area contributed by atoms with Gasteiger partial charge in [-0.05, 0) is 117 Å². The van der Waals surface area contributed by atoms with Crippen LogP contribution in [0.4, 0.5) is 0 Å². The summed E-state index contributed by atoms with van der Waals surface area (Å²) in [6.07, 6.45) is 20.5. The summed E-state index contributed by atoms with van der Waals surface area (Å²) in [6.45, 7) is 6.21. The molecule has 0 spiro atoms. The summed E-state index contributed by atoms with van der Waals surface area (Å²) < 4.78 is 0. The van der Waals surface area contributed by atoms with Crippen molar-refractivity contribution in [1.82, 2.24) is 0 Å². The molecule has 3 aliphatic carbocycles. The predicted octanol–water partition coefficient (Wildman–Crippen LogP) is 7.54. The maximum absolute atomic E-state index is 3.92. The maximum atomic E-state index is 3.92. The summed E-state index contributed by atoms with van der Waals surface area (Å²) in [5, 5.41) is 0. The van der Waals surface area contributed by atoms with Gasteiger partial charge in [-0.1, -0.05) is 44.0 Å². The van der Waals surface area contributed by atoms with Gasteiger partial charge in [-0.2, -0.15) is 0 Å². The van der Waals surface area contributed by atoms with Gasteiger partial charge in [-0.3, -0.25) is 0 Å². The molecule has 148 valence electrons. The molecule has 1 aromatic rings. The smallest absolute Gasteiger partial charge is 0.0245 e. The summed E-state index contributed by atoms with van der Waals surface area (Å²) in [5.41, 5.74) is 4.92. The van der Waals surface area contributed by atoms with E-state index in [0.29, 0.717) is 0 Å². The highest BCUT2D eigenvalue weighted by Crippen LogP contribution is 2.49. The molecule has 1 aromatic carbocycles. The molecular weight excluding hydrogens is 324 g/mol. The van der Waals surface area contributed by atoms with Crippen molar-refractivity contribution in [2.24, 2.45) is 29.6 Å².